The lowest BCUT2D eigenvalue weighted by atomic mass is 10.0. The van der Waals surface area contributed by atoms with E-state index in [-0.39, 0.29) is 5.56 Å². The summed E-state index contributed by atoms with van der Waals surface area (Å²) in [5.74, 6) is 5.26. The molecule has 0 bridgehead atoms. The van der Waals surface area contributed by atoms with E-state index in [2.05, 4.69) is 53.2 Å². The Labute approximate surface area is 218 Å². The van der Waals surface area contributed by atoms with Crippen molar-refractivity contribution in [3.63, 3.8) is 0 Å². The molecule has 0 aliphatic carbocycles. The summed E-state index contributed by atoms with van der Waals surface area (Å²) in [6.07, 6.45) is 0.562. The van der Waals surface area contributed by atoms with E-state index in [0.717, 1.165) is 21.3 Å². The second-order valence-electron chi connectivity index (χ2n) is 9.01. The van der Waals surface area contributed by atoms with Gasteiger partial charge in [-0.15, -0.1) is 0 Å². The standard InChI is InChI=1S/C32H24N2O4/c1-21(24-15-17-27(18-16-24)31(36)37)34-30(35)28-20-23(12-19-29(28)33-32(34)38)7-5-6-22-10-13-26(14-11-22)25-8-3-2-4-9-25/h2-4,8-21H,6H2,1H3,(H,33,38)(H,36,37). The molecular weight excluding hydrogens is 476 g/mol. The van der Waals surface area contributed by atoms with Crippen LogP contribution in [-0.2, 0) is 6.42 Å². The van der Waals surface area contributed by atoms with Gasteiger partial charge >= 0.3 is 11.7 Å². The van der Waals surface area contributed by atoms with Crippen molar-refractivity contribution < 1.29 is 9.90 Å². The van der Waals surface area contributed by atoms with Crippen molar-refractivity contribution in [3.8, 4) is 23.0 Å². The fourth-order valence-electron chi connectivity index (χ4n) is 4.40. The van der Waals surface area contributed by atoms with Crippen molar-refractivity contribution >= 4 is 16.9 Å². The summed E-state index contributed by atoms with van der Waals surface area (Å²) in [7, 11) is 0. The molecule has 6 nitrogen and oxygen atoms in total. The number of benzene rings is 4. The second kappa shape index (κ2) is 10.5. The van der Waals surface area contributed by atoms with Gasteiger partial charge in [0, 0.05) is 12.0 Å². The highest BCUT2D eigenvalue weighted by Gasteiger charge is 2.16. The molecule has 6 heteroatoms. The Morgan fingerprint density at radius 1 is 0.895 bits per heavy atom. The predicted octanol–water partition coefficient (Wildman–Crippen LogP) is 5.26. The molecule has 0 radical (unpaired) electrons. The van der Waals surface area contributed by atoms with E-state index < -0.39 is 23.3 Å². The van der Waals surface area contributed by atoms with Gasteiger partial charge in [0.05, 0.1) is 22.5 Å². The zero-order valence-electron chi connectivity index (χ0n) is 20.6. The number of aromatic amines is 1. The fraction of sp³-hybridized carbons (Fsp3) is 0.0938. The van der Waals surface area contributed by atoms with Crippen molar-refractivity contribution in [1.82, 2.24) is 9.55 Å². The zero-order chi connectivity index (χ0) is 26.6. The molecule has 1 heterocycles. The maximum Gasteiger partial charge on any atom is 0.335 e. The number of carbonyl (C=O) groups is 1. The molecule has 5 aromatic rings. The van der Waals surface area contributed by atoms with Gasteiger partial charge in [0.25, 0.3) is 5.56 Å². The summed E-state index contributed by atoms with van der Waals surface area (Å²) in [6, 6.07) is 29.2. The topological polar surface area (TPSA) is 92.2 Å². The summed E-state index contributed by atoms with van der Waals surface area (Å²) < 4.78 is 1.14. The Hall–Kier alpha value is -5.15. The quantitative estimate of drug-likeness (QED) is 0.322. The van der Waals surface area contributed by atoms with Gasteiger partial charge in [-0.3, -0.25) is 9.36 Å². The van der Waals surface area contributed by atoms with Crippen LogP contribution in [0.15, 0.2) is 107 Å². The molecule has 2 N–H and O–H groups in total. The molecule has 1 unspecified atom stereocenters. The molecule has 0 fully saturated rings. The number of hydrogen-bond acceptors (Lipinski definition) is 3. The number of rotatable bonds is 5. The first-order valence-electron chi connectivity index (χ1n) is 12.2. The second-order valence-corrected chi connectivity index (χ2v) is 9.01. The molecule has 0 aliphatic rings. The van der Waals surface area contributed by atoms with Crippen LogP contribution in [0, 0.1) is 11.8 Å². The Morgan fingerprint density at radius 3 is 2.26 bits per heavy atom. The summed E-state index contributed by atoms with van der Waals surface area (Å²) in [5.41, 5.74) is 4.33. The summed E-state index contributed by atoms with van der Waals surface area (Å²) in [6.45, 7) is 1.73. The SMILES string of the molecule is CC(c1ccc(C(=O)O)cc1)n1c(=O)[nH]c2ccc(C#CCc3ccc(-c4ccccc4)cc3)cc2c1=O. The van der Waals surface area contributed by atoms with Gasteiger partial charge in [-0.2, -0.15) is 0 Å². The third-order valence-electron chi connectivity index (χ3n) is 6.54. The van der Waals surface area contributed by atoms with Gasteiger partial charge in [0.2, 0.25) is 0 Å². The van der Waals surface area contributed by atoms with Crippen LogP contribution in [0.1, 0.15) is 40.0 Å². The minimum absolute atomic E-state index is 0.135. The first-order valence-corrected chi connectivity index (χ1v) is 12.2. The van der Waals surface area contributed by atoms with E-state index in [0.29, 0.717) is 28.5 Å². The van der Waals surface area contributed by atoms with Crippen LogP contribution in [0.4, 0.5) is 0 Å². The fourth-order valence-corrected chi connectivity index (χ4v) is 4.40. The summed E-state index contributed by atoms with van der Waals surface area (Å²) in [5, 5.41) is 9.48. The average Bonchev–Trinajstić information content (AvgIpc) is 2.94. The molecular formula is C32H24N2O4. The average molecular weight is 501 g/mol. The number of hydrogen-bond donors (Lipinski definition) is 2. The maximum atomic E-state index is 13.3. The van der Waals surface area contributed by atoms with Crippen molar-refractivity contribution in [2.24, 2.45) is 0 Å². The van der Waals surface area contributed by atoms with Crippen LogP contribution >= 0.6 is 0 Å². The highest BCUT2D eigenvalue weighted by Crippen LogP contribution is 2.20. The highest BCUT2D eigenvalue weighted by molar-refractivity contribution is 5.87. The number of nitrogens with one attached hydrogen (secondary N) is 1. The van der Waals surface area contributed by atoms with E-state index >= 15 is 0 Å². The van der Waals surface area contributed by atoms with Gasteiger partial charge in [-0.05, 0) is 59.5 Å². The first kappa shape index (κ1) is 24.5. The molecule has 1 atom stereocenters. The lowest BCUT2D eigenvalue weighted by molar-refractivity contribution is 0.0697. The molecule has 0 aliphatic heterocycles. The van der Waals surface area contributed by atoms with Gasteiger partial charge in [0.1, 0.15) is 0 Å². The normalized spacial score (nSPS) is 11.5. The number of carboxylic acid groups (broad SMARTS) is 1. The Kier molecular flexibility index (Phi) is 6.75. The highest BCUT2D eigenvalue weighted by atomic mass is 16.4. The summed E-state index contributed by atoms with van der Waals surface area (Å²) in [4.78, 5) is 40.0. The van der Waals surface area contributed by atoms with Gasteiger partial charge in [-0.1, -0.05) is 78.6 Å². The van der Waals surface area contributed by atoms with E-state index in [4.69, 9.17) is 5.11 Å². The Morgan fingerprint density at radius 2 is 1.58 bits per heavy atom. The van der Waals surface area contributed by atoms with Crippen LogP contribution in [0.25, 0.3) is 22.0 Å². The molecule has 0 saturated heterocycles. The molecule has 0 amide bonds. The number of aromatic carboxylic acids is 1. The molecule has 0 saturated carbocycles. The van der Waals surface area contributed by atoms with Crippen LogP contribution in [0.5, 0.6) is 0 Å². The van der Waals surface area contributed by atoms with Crippen molar-refractivity contribution in [2.45, 2.75) is 19.4 Å². The molecule has 186 valence electrons. The van der Waals surface area contributed by atoms with E-state index in [9.17, 15) is 14.4 Å². The van der Waals surface area contributed by atoms with Crippen LogP contribution in [0.2, 0.25) is 0 Å². The first-order chi connectivity index (χ1) is 18.4. The van der Waals surface area contributed by atoms with Crippen molar-refractivity contribution in [2.75, 3.05) is 0 Å². The molecule has 0 spiro atoms. The van der Waals surface area contributed by atoms with Crippen molar-refractivity contribution in [3.05, 3.63) is 140 Å². The molecule has 5 rings (SSSR count). The van der Waals surface area contributed by atoms with Gasteiger partial charge < -0.3 is 10.1 Å². The minimum Gasteiger partial charge on any atom is -0.478 e. The predicted molar refractivity (Wildman–Crippen MR) is 149 cm³/mol. The number of aromatic nitrogens is 2. The molecule has 38 heavy (non-hydrogen) atoms. The van der Waals surface area contributed by atoms with E-state index in [1.807, 2.05) is 18.2 Å². The number of H-pyrrole nitrogens is 1. The van der Waals surface area contributed by atoms with E-state index in [1.165, 1.54) is 12.1 Å². The smallest absolute Gasteiger partial charge is 0.335 e. The number of carboxylic acids is 1. The third-order valence-corrected chi connectivity index (χ3v) is 6.54. The van der Waals surface area contributed by atoms with Gasteiger partial charge in [-0.25, -0.2) is 9.59 Å². The molecule has 4 aromatic carbocycles. The lowest BCUT2D eigenvalue weighted by Gasteiger charge is -2.15. The van der Waals surface area contributed by atoms with Crippen molar-refractivity contribution in [1.29, 1.82) is 0 Å². The molecule has 1 aromatic heterocycles. The zero-order valence-corrected chi connectivity index (χ0v) is 20.6. The largest absolute Gasteiger partial charge is 0.478 e. The van der Waals surface area contributed by atoms with Crippen LogP contribution in [-0.4, -0.2) is 20.6 Å². The Balaban J connectivity index is 1.40. The van der Waals surface area contributed by atoms with E-state index in [1.54, 1.807) is 37.3 Å². The monoisotopic (exact) mass is 500 g/mol. The van der Waals surface area contributed by atoms with Crippen LogP contribution < -0.4 is 11.2 Å². The third kappa shape index (κ3) is 5.04. The maximum absolute atomic E-state index is 13.3. The minimum atomic E-state index is -1.04. The number of nitrogens with zero attached hydrogens (tertiary/aromatic N) is 1. The van der Waals surface area contributed by atoms with Crippen LogP contribution in [0.3, 0.4) is 0 Å². The number of fused-ring (bicyclic) bond motifs is 1. The Bertz CT molecular complexity index is 1800. The van der Waals surface area contributed by atoms with Gasteiger partial charge in [0.15, 0.2) is 0 Å². The summed E-state index contributed by atoms with van der Waals surface area (Å²) >= 11 is 0. The lowest BCUT2D eigenvalue weighted by Crippen LogP contribution is -2.37.